The molecule has 0 atom stereocenters. The van der Waals surface area contributed by atoms with Gasteiger partial charge in [0.1, 0.15) is 5.84 Å². The van der Waals surface area contributed by atoms with Crippen molar-refractivity contribution in [3.8, 4) is 0 Å². The minimum atomic E-state index is 0.277. The molecule has 4 nitrogen and oxygen atoms in total. The highest BCUT2D eigenvalue weighted by Gasteiger charge is 2.11. The van der Waals surface area contributed by atoms with Crippen molar-refractivity contribution in [2.24, 2.45) is 5.73 Å². The van der Waals surface area contributed by atoms with Crippen LogP contribution < -0.4 is 5.73 Å². The van der Waals surface area contributed by atoms with Crippen LogP contribution in [0.2, 0.25) is 0 Å². The lowest BCUT2D eigenvalue weighted by molar-refractivity contribution is 0.305. The molecule has 0 aromatic carbocycles. The van der Waals surface area contributed by atoms with Crippen molar-refractivity contribution in [2.45, 2.75) is 6.42 Å². The van der Waals surface area contributed by atoms with Gasteiger partial charge in [-0.1, -0.05) is 0 Å². The highest BCUT2D eigenvalue weighted by Crippen LogP contribution is 1.99. The minimum Gasteiger partial charge on any atom is -0.387 e. The molecule has 0 unspecified atom stereocenters. The monoisotopic (exact) mass is 170 g/mol. The summed E-state index contributed by atoms with van der Waals surface area (Å²) in [5.41, 5.74) is 5.34. The van der Waals surface area contributed by atoms with Gasteiger partial charge in [0.25, 0.3) is 0 Å². The quantitative estimate of drug-likeness (QED) is 0.436. The third-order valence-electron chi connectivity index (χ3n) is 2.21. The average Bonchev–Trinajstić information content (AvgIpc) is 2.15. The summed E-state index contributed by atoms with van der Waals surface area (Å²) >= 11 is 0. The van der Waals surface area contributed by atoms with Crippen LogP contribution in [0.4, 0.5) is 0 Å². The molecule has 0 radical (unpaired) electrons. The summed E-state index contributed by atoms with van der Waals surface area (Å²) in [6.45, 7) is 5.00. The van der Waals surface area contributed by atoms with Crippen molar-refractivity contribution < 1.29 is 0 Å². The number of rotatable bonds is 2. The van der Waals surface area contributed by atoms with E-state index in [1.807, 2.05) is 0 Å². The van der Waals surface area contributed by atoms with Crippen molar-refractivity contribution in [1.82, 2.24) is 9.80 Å². The van der Waals surface area contributed by atoms with E-state index in [1.165, 1.54) is 6.42 Å². The highest BCUT2D eigenvalue weighted by molar-refractivity contribution is 5.78. The Morgan fingerprint density at radius 1 is 1.33 bits per heavy atom. The zero-order valence-electron chi connectivity index (χ0n) is 7.71. The molecule has 0 saturated carbocycles. The topological polar surface area (TPSA) is 56.4 Å². The Morgan fingerprint density at radius 3 is 2.75 bits per heavy atom. The van der Waals surface area contributed by atoms with E-state index < -0.39 is 0 Å². The predicted molar refractivity (Wildman–Crippen MR) is 50.5 cm³/mol. The standard InChI is InChI=1S/C8H18N4/c1-11-3-2-4-12(6-5-11)7-8(9)10/h2-7H2,1H3,(H3,9,10). The second-order valence-corrected chi connectivity index (χ2v) is 3.46. The first-order chi connectivity index (χ1) is 5.68. The second-order valence-electron chi connectivity index (χ2n) is 3.46. The number of nitrogens with one attached hydrogen (secondary N) is 1. The van der Waals surface area contributed by atoms with Crippen LogP contribution in [0.25, 0.3) is 0 Å². The molecule has 0 aromatic heterocycles. The summed E-state index contributed by atoms with van der Waals surface area (Å²) in [5.74, 6) is 0.277. The summed E-state index contributed by atoms with van der Waals surface area (Å²) in [6, 6.07) is 0. The van der Waals surface area contributed by atoms with Crippen molar-refractivity contribution in [3.05, 3.63) is 0 Å². The zero-order chi connectivity index (χ0) is 8.97. The fourth-order valence-electron chi connectivity index (χ4n) is 1.50. The highest BCUT2D eigenvalue weighted by atomic mass is 15.2. The Kier molecular flexibility index (Phi) is 3.49. The molecule has 0 aromatic rings. The van der Waals surface area contributed by atoms with E-state index in [-0.39, 0.29) is 5.84 Å². The van der Waals surface area contributed by atoms with Gasteiger partial charge in [-0.3, -0.25) is 10.3 Å². The van der Waals surface area contributed by atoms with Crippen LogP contribution in [0.5, 0.6) is 0 Å². The second kappa shape index (κ2) is 4.42. The fraction of sp³-hybridized carbons (Fsp3) is 0.875. The van der Waals surface area contributed by atoms with E-state index >= 15 is 0 Å². The largest absolute Gasteiger partial charge is 0.387 e. The molecular weight excluding hydrogens is 152 g/mol. The van der Waals surface area contributed by atoms with Gasteiger partial charge in [-0.05, 0) is 26.6 Å². The maximum Gasteiger partial charge on any atom is 0.105 e. The van der Waals surface area contributed by atoms with Crippen molar-refractivity contribution >= 4 is 5.84 Å². The molecule has 12 heavy (non-hydrogen) atoms. The Labute approximate surface area is 73.8 Å². The molecule has 70 valence electrons. The van der Waals surface area contributed by atoms with Crippen molar-refractivity contribution in [3.63, 3.8) is 0 Å². The van der Waals surface area contributed by atoms with E-state index in [0.29, 0.717) is 6.54 Å². The molecule has 0 aliphatic carbocycles. The Morgan fingerprint density at radius 2 is 2.08 bits per heavy atom. The van der Waals surface area contributed by atoms with E-state index in [9.17, 15) is 0 Å². The number of nitrogens with two attached hydrogens (primary N) is 1. The molecule has 0 bridgehead atoms. The molecule has 3 N–H and O–H groups in total. The molecule has 1 aliphatic heterocycles. The summed E-state index contributed by atoms with van der Waals surface area (Å²) in [4.78, 5) is 4.56. The minimum absolute atomic E-state index is 0.277. The third-order valence-corrected chi connectivity index (χ3v) is 2.21. The molecule has 1 rings (SSSR count). The lowest BCUT2D eigenvalue weighted by Gasteiger charge is -2.18. The van der Waals surface area contributed by atoms with Gasteiger partial charge < -0.3 is 10.6 Å². The predicted octanol–water partition coefficient (Wildman–Crippen LogP) is -0.440. The maximum atomic E-state index is 7.17. The number of nitrogens with zero attached hydrogens (tertiary/aromatic N) is 2. The lowest BCUT2D eigenvalue weighted by Crippen LogP contribution is -2.35. The molecule has 1 heterocycles. The van der Waals surface area contributed by atoms with Crippen molar-refractivity contribution in [2.75, 3.05) is 39.8 Å². The first-order valence-electron chi connectivity index (χ1n) is 4.42. The Hall–Kier alpha value is -0.610. The number of likely N-dealkylation sites (N-methyl/N-ethyl adjacent to an activating group) is 1. The molecule has 1 aliphatic rings. The number of amidine groups is 1. The average molecular weight is 170 g/mol. The maximum absolute atomic E-state index is 7.17. The van der Waals surface area contributed by atoms with Gasteiger partial charge in [-0.2, -0.15) is 0 Å². The van der Waals surface area contributed by atoms with Gasteiger partial charge >= 0.3 is 0 Å². The third kappa shape index (κ3) is 3.19. The number of hydrogen-bond donors (Lipinski definition) is 2. The zero-order valence-corrected chi connectivity index (χ0v) is 7.71. The van der Waals surface area contributed by atoms with Gasteiger partial charge in [-0.25, -0.2) is 0 Å². The van der Waals surface area contributed by atoms with Crippen LogP contribution in [-0.2, 0) is 0 Å². The number of hydrogen-bond acceptors (Lipinski definition) is 3. The van der Waals surface area contributed by atoms with Gasteiger partial charge in [0.05, 0.1) is 6.54 Å². The van der Waals surface area contributed by atoms with Crippen LogP contribution >= 0.6 is 0 Å². The Balaban J connectivity index is 2.30. The first kappa shape index (κ1) is 9.48. The van der Waals surface area contributed by atoms with Crippen LogP contribution in [0, 0.1) is 5.41 Å². The summed E-state index contributed by atoms with van der Waals surface area (Å²) in [6.07, 6.45) is 1.18. The lowest BCUT2D eigenvalue weighted by atomic mass is 10.4. The van der Waals surface area contributed by atoms with Crippen molar-refractivity contribution in [1.29, 1.82) is 5.41 Å². The van der Waals surface area contributed by atoms with Crippen LogP contribution in [-0.4, -0.2) is 55.4 Å². The molecule has 1 fully saturated rings. The smallest absolute Gasteiger partial charge is 0.105 e. The summed E-state index contributed by atoms with van der Waals surface area (Å²) < 4.78 is 0. The van der Waals surface area contributed by atoms with Crippen LogP contribution in [0.15, 0.2) is 0 Å². The van der Waals surface area contributed by atoms with E-state index in [2.05, 4.69) is 16.8 Å². The van der Waals surface area contributed by atoms with E-state index in [4.69, 9.17) is 11.1 Å². The molecule has 0 amide bonds. The van der Waals surface area contributed by atoms with Crippen LogP contribution in [0.1, 0.15) is 6.42 Å². The molecule has 1 saturated heterocycles. The molecular formula is C8H18N4. The Bertz CT molecular complexity index is 157. The first-order valence-corrected chi connectivity index (χ1v) is 4.42. The molecule has 0 spiro atoms. The van der Waals surface area contributed by atoms with Crippen LogP contribution in [0.3, 0.4) is 0 Å². The van der Waals surface area contributed by atoms with Gasteiger partial charge in [0.2, 0.25) is 0 Å². The fourth-order valence-corrected chi connectivity index (χ4v) is 1.50. The van der Waals surface area contributed by atoms with E-state index in [1.54, 1.807) is 0 Å². The SMILES string of the molecule is CN1CCCN(CC(=N)N)CC1. The summed E-state index contributed by atoms with van der Waals surface area (Å²) in [7, 11) is 2.14. The summed E-state index contributed by atoms with van der Waals surface area (Å²) in [5, 5.41) is 7.17. The van der Waals surface area contributed by atoms with Gasteiger partial charge in [0.15, 0.2) is 0 Å². The molecule has 4 heteroatoms. The van der Waals surface area contributed by atoms with Gasteiger partial charge in [0, 0.05) is 13.1 Å². The van der Waals surface area contributed by atoms with Gasteiger partial charge in [-0.15, -0.1) is 0 Å². The normalized spacial score (nSPS) is 22.1. The van der Waals surface area contributed by atoms with E-state index in [0.717, 1.165) is 26.2 Å².